The molecule has 5 nitrogen and oxygen atoms in total. The molecule has 2 aromatic carbocycles. The number of benzene rings is 2. The van der Waals surface area contributed by atoms with E-state index in [1.807, 2.05) is 24.3 Å². The molecule has 0 bridgehead atoms. The first-order valence-corrected chi connectivity index (χ1v) is 7.86. The van der Waals surface area contributed by atoms with Crippen LogP contribution in [0.3, 0.4) is 0 Å². The number of rotatable bonds is 5. The summed E-state index contributed by atoms with van der Waals surface area (Å²) in [4.78, 5) is 12.1. The molecule has 0 fully saturated rings. The molecule has 2 aromatic rings. The highest BCUT2D eigenvalue weighted by molar-refractivity contribution is 5.94. The second-order valence-electron chi connectivity index (χ2n) is 5.59. The second-order valence-corrected chi connectivity index (χ2v) is 5.59. The van der Waals surface area contributed by atoms with E-state index in [2.05, 4.69) is 16.0 Å². The Bertz CT molecular complexity index is 759. The molecule has 8 heteroatoms. The molecule has 3 rings (SSSR count). The minimum atomic E-state index is -0.334. The van der Waals surface area contributed by atoms with Crippen molar-refractivity contribution in [2.24, 2.45) is 0 Å². The third-order valence-corrected chi connectivity index (χ3v) is 4.03. The van der Waals surface area contributed by atoms with Crippen LogP contribution >= 0.6 is 24.8 Å². The Morgan fingerprint density at radius 2 is 1.96 bits per heavy atom. The van der Waals surface area contributed by atoms with Crippen LogP contribution in [-0.2, 0) is 17.8 Å². The summed E-state index contributed by atoms with van der Waals surface area (Å²) >= 11 is 0. The van der Waals surface area contributed by atoms with Gasteiger partial charge in [-0.3, -0.25) is 4.79 Å². The number of carbonyl (C=O) groups is 1. The number of para-hydroxylation sites is 2. The van der Waals surface area contributed by atoms with Gasteiger partial charge in [-0.15, -0.1) is 24.8 Å². The van der Waals surface area contributed by atoms with Crippen LogP contribution in [0.15, 0.2) is 36.4 Å². The van der Waals surface area contributed by atoms with Crippen LogP contribution in [0, 0.1) is 5.82 Å². The van der Waals surface area contributed by atoms with Crippen LogP contribution in [0.1, 0.15) is 11.1 Å². The zero-order valence-electron chi connectivity index (χ0n) is 14.3. The molecule has 0 atom stereocenters. The van der Waals surface area contributed by atoms with Crippen molar-refractivity contribution in [3.8, 4) is 5.75 Å². The van der Waals surface area contributed by atoms with Gasteiger partial charge in [0.05, 0.1) is 25.0 Å². The van der Waals surface area contributed by atoms with E-state index >= 15 is 0 Å². The fourth-order valence-corrected chi connectivity index (χ4v) is 2.79. The summed E-state index contributed by atoms with van der Waals surface area (Å²) < 4.78 is 19.7. The van der Waals surface area contributed by atoms with Gasteiger partial charge in [-0.05, 0) is 42.3 Å². The summed E-state index contributed by atoms with van der Waals surface area (Å²) in [5.74, 6) is 0.00564. The summed E-state index contributed by atoms with van der Waals surface area (Å²) in [6, 6.07) is 10.8. The lowest BCUT2D eigenvalue weighted by molar-refractivity contribution is -0.114. The summed E-state index contributed by atoms with van der Waals surface area (Å²) in [5.41, 5.74) is 2.57. The lowest BCUT2D eigenvalue weighted by Gasteiger charge is -2.19. The van der Waals surface area contributed by atoms with Crippen molar-refractivity contribution >= 4 is 42.1 Å². The average Bonchev–Trinajstić information content (AvgIpc) is 2.63. The van der Waals surface area contributed by atoms with Gasteiger partial charge >= 0.3 is 0 Å². The number of hydrogen-bond acceptors (Lipinski definition) is 4. The number of carbonyl (C=O) groups excluding carboxylic acids is 1. The summed E-state index contributed by atoms with van der Waals surface area (Å²) in [6.07, 6.45) is 0.629. The third-order valence-electron chi connectivity index (χ3n) is 4.03. The first-order valence-electron chi connectivity index (χ1n) is 7.86. The predicted octanol–water partition coefficient (Wildman–Crippen LogP) is 3.37. The fourth-order valence-electron chi connectivity index (χ4n) is 2.79. The number of halogens is 3. The van der Waals surface area contributed by atoms with Gasteiger partial charge in [-0.25, -0.2) is 4.39 Å². The van der Waals surface area contributed by atoms with Crippen molar-refractivity contribution in [1.82, 2.24) is 5.32 Å². The van der Waals surface area contributed by atoms with Crippen molar-refractivity contribution in [2.45, 2.75) is 13.0 Å². The topological polar surface area (TPSA) is 62.4 Å². The maximum absolute atomic E-state index is 14.5. The predicted molar refractivity (Wildman–Crippen MR) is 106 cm³/mol. The first-order chi connectivity index (χ1) is 11.7. The minimum absolute atomic E-state index is 0. The van der Waals surface area contributed by atoms with Crippen LogP contribution < -0.4 is 20.7 Å². The molecular formula is C18H22Cl2FN3O2. The van der Waals surface area contributed by atoms with Gasteiger partial charge in [-0.2, -0.15) is 0 Å². The third kappa shape index (κ3) is 5.00. The van der Waals surface area contributed by atoms with Gasteiger partial charge < -0.3 is 20.7 Å². The SMILES string of the molecule is COc1ccccc1NCC(=O)Nc1ccc2c(c1F)CCNC2.Cl.Cl. The molecule has 1 amide bonds. The van der Waals surface area contributed by atoms with E-state index in [1.54, 1.807) is 19.2 Å². The van der Waals surface area contributed by atoms with Crippen molar-refractivity contribution in [3.05, 3.63) is 53.3 Å². The summed E-state index contributed by atoms with van der Waals surface area (Å²) in [5, 5.41) is 8.83. The number of fused-ring (bicyclic) bond motifs is 1. The zero-order chi connectivity index (χ0) is 16.9. The smallest absolute Gasteiger partial charge is 0.243 e. The monoisotopic (exact) mass is 401 g/mol. The van der Waals surface area contributed by atoms with Crippen molar-refractivity contribution < 1.29 is 13.9 Å². The second kappa shape index (κ2) is 10.2. The molecule has 0 spiro atoms. The maximum atomic E-state index is 14.5. The maximum Gasteiger partial charge on any atom is 0.243 e. The van der Waals surface area contributed by atoms with Gasteiger partial charge in [0.1, 0.15) is 11.6 Å². The highest BCUT2D eigenvalue weighted by Crippen LogP contribution is 2.25. The van der Waals surface area contributed by atoms with E-state index in [4.69, 9.17) is 4.74 Å². The van der Waals surface area contributed by atoms with Crippen molar-refractivity contribution in [3.63, 3.8) is 0 Å². The Labute approximate surface area is 164 Å². The molecule has 0 aliphatic carbocycles. The molecule has 0 saturated heterocycles. The Hall–Kier alpha value is -2.02. The molecule has 1 aliphatic heterocycles. The Kier molecular flexibility index (Phi) is 8.65. The lowest BCUT2D eigenvalue weighted by Crippen LogP contribution is -2.26. The fraction of sp³-hybridized carbons (Fsp3) is 0.278. The van der Waals surface area contributed by atoms with Gasteiger partial charge in [0.25, 0.3) is 0 Å². The normalized spacial score (nSPS) is 12.1. The van der Waals surface area contributed by atoms with Crippen LogP contribution in [-0.4, -0.2) is 26.1 Å². The van der Waals surface area contributed by atoms with E-state index in [0.29, 0.717) is 30.0 Å². The molecule has 0 unspecified atom stereocenters. The highest BCUT2D eigenvalue weighted by atomic mass is 35.5. The molecule has 1 aliphatic rings. The highest BCUT2D eigenvalue weighted by Gasteiger charge is 2.17. The van der Waals surface area contributed by atoms with Gasteiger partial charge in [-0.1, -0.05) is 18.2 Å². The van der Waals surface area contributed by atoms with E-state index in [9.17, 15) is 9.18 Å². The van der Waals surface area contributed by atoms with Crippen LogP contribution in [0.25, 0.3) is 0 Å². The first kappa shape index (κ1) is 22.0. The number of hydrogen-bond donors (Lipinski definition) is 3. The quantitative estimate of drug-likeness (QED) is 0.718. The lowest BCUT2D eigenvalue weighted by atomic mass is 9.99. The molecule has 0 radical (unpaired) electrons. The van der Waals surface area contributed by atoms with Crippen LogP contribution in [0.5, 0.6) is 5.75 Å². The Morgan fingerprint density at radius 1 is 1.19 bits per heavy atom. The van der Waals surface area contributed by atoms with Crippen LogP contribution in [0.2, 0.25) is 0 Å². The molecule has 0 aromatic heterocycles. The number of ether oxygens (including phenoxy) is 1. The van der Waals surface area contributed by atoms with E-state index in [0.717, 1.165) is 12.1 Å². The summed E-state index contributed by atoms with van der Waals surface area (Å²) in [6.45, 7) is 1.44. The summed E-state index contributed by atoms with van der Waals surface area (Å²) in [7, 11) is 1.57. The molecule has 3 N–H and O–H groups in total. The van der Waals surface area contributed by atoms with E-state index in [1.165, 1.54) is 0 Å². The molecule has 26 heavy (non-hydrogen) atoms. The Morgan fingerprint density at radius 3 is 2.73 bits per heavy atom. The molecular weight excluding hydrogens is 380 g/mol. The van der Waals surface area contributed by atoms with E-state index < -0.39 is 0 Å². The number of amides is 1. The van der Waals surface area contributed by atoms with Gasteiger partial charge in [0, 0.05) is 6.54 Å². The molecule has 1 heterocycles. The number of anilines is 2. The standard InChI is InChI=1S/C18H20FN3O2.2ClH/c1-24-16-5-3-2-4-14(16)21-11-17(23)22-15-7-6-12-10-20-9-8-13(12)18(15)19;;/h2-7,20-21H,8-11H2,1H3,(H,22,23);2*1H. The number of methoxy groups -OCH3 is 1. The van der Waals surface area contributed by atoms with Gasteiger partial charge in [0.2, 0.25) is 5.91 Å². The minimum Gasteiger partial charge on any atom is -0.495 e. The molecule has 0 saturated carbocycles. The van der Waals surface area contributed by atoms with Crippen molar-refractivity contribution in [2.75, 3.05) is 30.8 Å². The van der Waals surface area contributed by atoms with Crippen LogP contribution in [0.4, 0.5) is 15.8 Å². The van der Waals surface area contributed by atoms with Gasteiger partial charge in [0.15, 0.2) is 0 Å². The van der Waals surface area contributed by atoms with Crippen molar-refractivity contribution in [1.29, 1.82) is 0 Å². The Balaban J connectivity index is 0.00000169. The average molecular weight is 402 g/mol. The zero-order valence-corrected chi connectivity index (χ0v) is 15.9. The van der Waals surface area contributed by atoms with E-state index in [-0.39, 0.29) is 48.8 Å². The largest absolute Gasteiger partial charge is 0.495 e. The molecule has 142 valence electrons. The number of nitrogens with one attached hydrogen (secondary N) is 3.